The molecule has 0 aliphatic heterocycles. The Bertz CT molecular complexity index is 275. The van der Waals surface area contributed by atoms with Crippen molar-refractivity contribution < 1.29 is 19.5 Å². The van der Waals surface area contributed by atoms with Gasteiger partial charge < -0.3 is 15.7 Å². The Labute approximate surface area is 99.9 Å². The summed E-state index contributed by atoms with van der Waals surface area (Å²) >= 11 is 1.32. The van der Waals surface area contributed by atoms with Gasteiger partial charge in [-0.05, 0) is 0 Å². The van der Waals surface area contributed by atoms with Crippen LogP contribution in [0, 0.1) is 0 Å². The van der Waals surface area contributed by atoms with Gasteiger partial charge in [0.05, 0.1) is 0 Å². The van der Waals surface area contributed by atoms with E-state index in [0.29, 0.717) is 5.75 Å². The SMILES string of the molecule is CCC(=O)NC(CSP)C(=O)NCC(=O)O. The molecule has 0 radical (unpaired) electrons. The molecule has 2 amide bonds. The average Bonchev–Trinajstić information content (AvgIpc) is 2.24. The quantitative estimate of drug-likeness (QED) is 0.545. The monoisotopic (exact) mass is 266 g/mol. The number of aliphatic carboxylic acids is 1. The maximum Gasteiger partial charge on any atom is 0.322 e. The van der Waals surface area contributed by atoms with Gasteiger partial charge in [0.1, 0.15) is 12.6 Å². The number of rotatable bonds is 7. The molecule has 0 saturated carbocycles. The number of hydrogen-bond acceptors (Lipinski definition) is 4. The van der Waals surface area contributed by atoms with E-state index in [4.69, 9.17) is 5.11 Å². The zero-order valence-corrected chi connectivity index (χ0v) is 10.8. The lowest BCUT2D eigenvalue weighted by atomic mass is 10.3. The first-order chi connectivity index (χ1) is 7.51. The van der Waals surface area contributed by atoms with Crippen LogP contribution in [0.1, 0.15) is 13.3 Å². The molecule has 0 aromatic carbocycles. The molecule has 0 aromatic rings. The first kappa shape index (κ1) is 15.2. The van der Waals surface area contributed by atoms with Crippen molar-refractivity contribution in [2.75, 3.05) is 12.3 Å². The molecular weight excluding hydrogens is 251 g/mol. The lowest BCUT2D eigenvalue weighted by Crippen LogP contribution is -2.49. The van der Waals surface area contributed by atoms with E-state index in [9.17, 15) is 14.4 Å². The first-order valence-electron chi connectivity index (χ1n) is 4.61. The van der Waals surface area contributed by atoms with E-state index in [1.807, 2.05) is 0 Å². The molecule has 0 fully saturated rings. The Kier molecular flexibility index (Phi) is 7.93. The van der Waals surface area contributed by atoms with Crippen molar-refractivity contribution >= 4 is 37.6 Å². The van der Waals surface area contributed by atoms with E-state index in [0.717, 1.165) is 0 Å². The molecule has 2 unspecified atom stereocenters. The van der Waals surface area contributed by atoms with Crippen molar-refractivity contribution in [1.82, 2.24) is 10.6 Å². The van der Waals surface area contributed by atoms with E-state index >= 15 is 0 Å². The molecule has 0 aliphatic carbocycles. The number of carboxylic acid groups (broad SMARTS) is 1. The second-order valence-electron chi connectivity index (χ2n) is 2.92. The molecule has 0 saturated heterocycles. The third kappa shape index (κ3) is 6.63. The Morgan fingerprint density at radius 1 is 1.44 bits per heavy atom. The Hall–Kier alpha value is -0.810. The van der Waals surface area contributed by atoms with Crippen LogP contribution in [0.15, 0.2) is 0 Å². The molecule has 16 heavy (non-hydrogen) atoms. The van der Waals surface area contributed by atoms with Gasteiger partial charge in [-0.25, -0.2) is 0 Å². The largest absolute Gasteiger partial charge is 0.480 e. The zero-order valence-electron chi connectivity index (χ0n) is 8.86. The molecule has 0 rings (SSSR count). The summed E-state index contributed by atoms with van der Waals surface area (Å²) in [6, 6.07) is -0.700. The van der Waals surface area contributed by atoms with Crippen LogP contribution in [0.2, 0.25) is 0 Å². The predicted octanol–water partition coefficient (Wildman–Crippen LogP) is -0.395. The van der Waals surface area contributed by atoms with Crippen LogP contribution in [-0.4, -0.2) is 41.2 Å². The summed E-state index contributed by atoms with van der Waals surface area (Å²) in [5.74, 6) is -1.47. The molecular formula is C8H15N2O4PS. The first-order valence-corrected chi connectivity index (χ1v) is 7.08. The number of carbonyl (C=O) groups excluding carboxylic acids is 2. The predicted molar refractivity (Wildman–Crippen MR) is 65.0 cm³/mol. The molecule has 0 aliphatic rings. The minimum absolute atomic E-state index is 0.241. The lowest BCUT2D eigenvalue weighted by molar-refractivity contribution is -0.138. The standard InChI is InChI=1S/C8H15N2O4PS/c1-2-6(11)10-5(4-16-15)8(14)9-3-7(12)13/h5H,2-4,15H2,1H3,(H,9,14)(H,10,11)(H,12,13). The van der Waals surface area contributed by atoms with Gasteiger partial charge in [-0.15, -0.1) is 11.4 Å². The summed E-state index contributed by atoms with van der Waals surface area (Å²) in [5.41, 5.74) is 0. The Morgan fingerprint density at radius 2 is 2.06 bits per heavy atom. The Morgan fingerprint density at radius 3 is 2.50 bits per heavy atom. The van der Waals surface area contributed by atoms with Crippen LogP contribution in [0.4, 0.5) is 0 Å². The number of carbonyl (C=O) groups is 3. The molecule has 0 aromatic heterocycles. The van der Waals surface area contributed by atoms with Crippen LogP contribution < -0.4 is 10.6 Å². The highest BCUT2D eigenvalue weighted by Gasteiger charge is 2.19. The third-order valence-corrected chi connectivity index (χ3v) is 2.75. The van der Waals surface area contributed by atoms with Crippen LogP contribution in [0.5, 0.6) is 0 Å². The molecule has 92 valence electrons. The number of amides is 2. The zero-order chi connectivity index (χ0) is 12.6. The van der Waals surface area contributed by atoms with Crippen molar-refractivity contribution in [3.63, 3.8) is 0 Å². The molecule has 3 N–H and O–H groups in total. The van der Waals surface area contributed by atoms with Gasteiger partial charge in [0, 0.05) is 12.2 Å². The second kappa shape index (κ2) is 8.35. The fraction of sp³-hybridized carbons (Fsp3) is 0.625. The smallest absolute Gasteiger partial charge is 0.322 e. The van der Waals surface area contributed by atoms with Crippen LogP contribution >= 0.6 is 19.8 Å². The van der Waals surface area contributed by atoms with E-state index < -0.39 is 24.5 Å². The van der Waals surface area contributed by atoms with Crippen molar-refractivity contribution in [1.29, 1.82) is 0 Å². The van der Waals surface area contributed by atoms with Gasteiger partial charge in [-0.3, -0.25) is 14.4 Å². The van der Waals surface area contributed by atoms with Crippen molar-refractivity contribution in [2.45, 2.75) is 19.4 Å². The fourth-order valence-electron chi connectivity index (χ4n) is 0.861. The molecule has 2 atom stereocenters. The Balaban J connectivity index is 4.22. The average molecular weight is 266 g/mol. The van der Waals surface area contributed by atoms with E-state index in [1.165, 1.54) is 11.4 Å². The second-order valence-corrected chi connectivity index (χ2v) is 4.59. The van der Waals surface area contributed by atoms with Crippen molar-refractivity contribution in [3.8, 4) is 0 Å². The van der Waals surface area contributed by atoms with Gasteiger partial charge in [0.25, 0.3) is 0 Å². The summed E-state index contributed by atoms with van der Waals surface area (Å²) in [6.45, 7) is 1.23. The van der Waals surface area contributed by atoms with Crippen LogP contribution in [-0.2, 0) is 14.4 Å². The highest BCUT2D eigenvalue weighted by molar-refractivity contribution is 8.43. The topological polar surface area (TPSA) is 95.5 Å². The number of carboxylic acids is 1. The van der Waals surface area contributed by atoms with Crippen LogP contribution in [0.3, 0.4) is 0 Å². The van der Waals surface area contributed by atoms with E-state index in [2.05, 4.69) is 19.1 Å². The summed E-state index contributed by atoms with van der Waals surface area (Å²) in [6.07, 6.45) is 0.282. The summed E-state index contributed by atoms with van der Waals surface area (Å²) < 4.78 is 0. The van der Waals surface area contributed by atoms with E-state index in [-0.39, 0.29) is 12.3 Å². The lowest BCUT2D eigenvalue weighted by Gasteiger charge is -2.16. The highest BCUT2D eigenvalue weighted by atomic mass is 32.7. The third-order valence-electron chi connectivity index (χ3n) is 1.65. The molecule has 0 spiro atoms. The number of hydrogen-bond donors (Lipinski definition) is 3. The van der Waals surface area contributed by atoms with Gasteiger partial charge in [0.15, 0.2) is 0 Å². The van der Waals surface area contributed by atoms with Crippen LogP contribution in [0.25, 0.3) is 0 Å². The van der Waals surface area contributed by atoms with E-state index in [1.54, 1.807) is 6.92 Å². The van der Waals surface area contributed by atoms with Crippen molar-refractivity contribution in [2.24, 2.45) is 0 Å². The van der Waals surface area contributed by atoms with Crippen molar-refractivity contribution in [3.05, 3.63) is 0 Å². The number of nitrogens with one attached hydrogen (secondary N) is 2. The maximum atomic E-state index is 11.5. The maximum absolute atomic E-state index is 11.5. The molecule has 0 heterocycles. The van der Waals surface area contributed by atoms with Gasteiger partial charge >= 0.3 is 5.97 Å². The summed E-state index contributed by atoms with van der Waals surface area (Å²) in [5, 5.41) is 13.1. The minimum atomic E-state index is -1.12. The minimum Gasteiger partial charge on any atom is -0.480 e. The van der Waals surface area contributed by atoms with Gasteiger partial charge in [-0.1, -0.05) is 15.4 Å². The fourth-order valence-corrected chi connectivity index (χ4v) is 1.87. The summed E-state index contributed by atoms with van der Waals surface area (Å²) in [7, 11) is 2.37. The summed E-state index contributed by atoms with van der Waals surface area (Å²) in [4.78, 5) is 32.8. The highest BCUT2D eigenvalue weighted by Crippen LogP contribution is 2.11. The van der Waals surface area contributed by atoms with Gasteiger partial charge in [0.2, 0.25) is 11.8 Å². The molecule has 8 heteroatoms. The normalized spacial score (nSPS) is 11.6. The molecule has 0 bridgehead atoms. The molecule has 6 nitrogen and oxygen atoms in total. The van der Waals surface area contributed by atoms with Gasteiger partial charge in [-0.2, -0.15) is 0 Å².